The molecule has 1 N–H and O–H groups in total. The largest absolute Gasteiger partial charge is 0.263 e. The number of anilines is 1. The van der Waals surface area contributed by atoms with E-state index in [1.807, 2.05) is 6.07 Å². The van der Waals surface area contributed by atoms with Crippen LogP contribution in [0.25, 0.3) is 5.69 Å². The smallest absolute Gasteiger partial charge is 0.263 e. The van der Waals surface area contributed by atoms with E-state index in [9.17, 15) is 12.8 Å². The van der Waals surface area contributed by atoms with Crippen LogP contribution in [0.5, 0.6) is 0 Å². The van der Waals surface area contributed by atoms with E-state index in [4.69, 9.17) is 16.9 Å². The fraction of sp³-hybridized carbons (Fsp3) is 0.0588. The summed E-state index contributed by atoms with van der Waals surface area (Å²) in [5, 5.41) is 13.2. The summed E-state index contributed by atoms with van der Waals surface area (Å²) in [6.07, 6.45) is 0. The summed E-state index contributed by atoms with van der Waals surface area (Å²) in [7, 11) is -3.96. The Morgan fingerprint density at radius 1 is 1.19 bits per heavy atom. The van der Waals surface area contributed by atoms with Crippen LogP contribution in [-0.2, 0) is 10.0 Å². The summed E-state index contributed by atoms with van der Waals surface area (Å²) in [5.41, 5.74) is 1.25. The number of nitrogens with zero attached hydrogens (tertiary/aromatic N) is 3. The van der Waals surface area contributed by atoms with Gasteiger partial charge in [-0.25, -0.2) is 17.5 Å². The van der Waals surface area contributed by atoms with Crippen LogP contribution in [0.3, 0.4) is 0 Å². The molecule has 0 aliphatic carbocycles. The number of nitrogens with one attached hydrogen (secondary N) is 1. The molecule has 1 aromatic heterocycles. The minimum Gasteiger partial charge on any atom is -0.263 e. The maximum Gasteiger partial charge on any atom is 0.263 e. The Bertz CT molecular complexity index is 1120. The Kier molecular flexibility index (Phi) is 4.68. The van der Waals surface area contributed by atoms with Crippen LogP contribution < -0.4 is 4.72 Å². The van der Waals surface area contributed by atoms with E-state index in [2.05, 4.69) is 9.82 Å². The molecule has 9 heteroatoms. The highest BCUT2D eigenvalue weighted by molar-refractivity contribution is 7.92. The summed E-state index contributed by atoms with van der Waals surface area (Å²) in [6, 6.07) is 12.7. The molecule has 0 radical (unpaired) electrons. The molecule has 0 spiro atoms. The highest BCUT2D eigenvalue weighted by Crippen LogP contribution is 2.24. The number of rotatable bonds is 4. The van der Waals surface area contributed by atoms with Gasteiger partial charge in [0.25, 0.3) is 10.0 Å². The van der Waals surface area contributed by atoms with Crippen molar-refractivity contribution in [1.82, 2.24) is 9.78 Å². The van der Waals surface area contributed by atoms with Crippen molar-refractivity contribution in [3.8, 4) is 11.8 Å². The lowest BCUT2D eigenvalue weighted by molar-refractivity contribution is 0.600. The van der Waals surface area contributed by atoms with Crippen LogP contribution in [0.4, 0.5) is 10.2 Å². The van der Waals surface area contributed by atoms with Gasteiger partial charge in [-0.05, 0) is 49.4 Å². The quantitative estimate of drug-likeness (QED) is 0.736. The molecule has 0 unspecified atom stereocenters. The van der Waals surface area contributed by atoms with Crippen LogP contribution in [0, 0.1) is 24.1 Å². The van der Waals surface area contributed by atoms with Crippen LogP contribution in [-0.4, -0.2) is 18.2 Å². The number of hydrogen-bond acceptors (Lipinski definition) is 4. The van der Waals surface area contributed by atoms with Crippen molar-refractivity contribution in [2.45, 2.75) is 11.8 Å². The number of aromatic nitrogens is 2. The van der Waals surface area contributed by atoms with Gasteiger partial charge in [0.2, 0.25) is 0 Å². The Labute approximate surface area is 154 Å². The van der Waals surface area contributed by atoms with E-state index in [-0.39, 0.29) is 21.3 Å². The minimum absolute atomic E-state index is 0.0404. The second kappa shape index (κ2) is 6.78. The highest BCUT2D eigenvalue weighted by Gasteiger charge is 2.19. The maximum atomic E-state index is 13.1. The number of aryl methyl sites for hydroxylation is 1. The van der Waals surface area contributed by atoms with Crippen molar-refractivity contribution < 1.29 is 12.8 Å². The molecule has 0 bridgehead atoms. The van der Waals surface area contributed by atoms with Crippen molar-refractivity contribution in [2.24, 2.45) is 0 Å². The second-order valence-electron chi connectivity index (χ2n) is 5.42. The van der Waals surface area contributed by atoms with E-state index in [1.165, 1.54) is 47.1 Å². The first-order chi connectivity index (χ1) is 12.3. The maximum absolute atomic E-state index is 13.1. The van der Waals surface area contributed by atoms with Crippen molar-refractivity contribution >= 4 is 27.4 Å². The molecule has 132 valence electrons. The summed E-state index contributed by atoms with van der Waals surface area (Å²) in [5.74, 6) is -0.221. The van der Waals surface area contributed by atoms with Crippen LogP contribution >= 0.6 is 11.6 Å². The first-order valence-corrected chi connectivity index (χ1v) is 9.21. The van der Waals surface area contributed by atoms with E-state index >= 15 is 0 Å². The topological polar surface area (TPSA) is 87.8 Å². The van der Waals surface area contributed by atoms with Gasteiger partial charge in [-0.15, -0.1) is 0 Å². The van der Waals surface area contributed by atoms with Gasteiger partial charge in [-0.3, -0.25) is 4.72 Å². The number of benzene rings is 2. The van der Waals surface area contributed by atoms with E-state index < -0.39 is 15.8 Å². The van der Waals surface area contributed by atoms with Crippen molar-refractivity contribution in [1.29, 1.82) is 5.26 Å². The molecule has 0 atom stereocenters. The summed E-state index contributed by atoms with van der Waals surface area (Å²) in [4.78, 5) is -0.0917. The molecule has 2 aromatic carbocycles. The molecule has 1 heterocycles. The van der Waals surface area contributed by atoms with Gasteiger partial charge in [-0.2, -0.15) is 10.4 Å². The molecule has 6 nitrogen and oxygen atoms in total. The Morgan fingerprint density at radius 3 is 2.50 bits per heavy atom. The average Bonchev–Trinajstić information content (AvgIpc) is 2.95. The molecule has 0 aliphatic heterocycles. The molecular weight excluding hydrogens is 379 g/mol. The number of nitriles is 1. The molecule has 0 saturated heterocycles. The van der Waals surface area contributed by atoms with Crippen molar-refractivity contribution in [3.63, 3.8) is 0 Å². The molecule has 3 rings (SSSR count). The normalized spacial score (nSPS) is 11.2. The van der Waals surface area contributed by atoms with E-state index in [0.717, 1.165) is 0 Å². The zero-order chi connectivity index (χ0) is 18.9. The first-order valence-electron chi connectivity index (χ1n) is 7.35. The van der Waals surface area contributed by atoms with Gasteiger partial charge in [0.1, 0.15) is 17.7 Å². The minimum atomic E-state index is -3.96. The number of halogens is 2. The lowest BCUT2D eigenvalue weighted by Gasteiger charge is -2.11. The van der Waals surface area contributed by atoms with E-state index in [1.54, 1.807) is 13.0 Å². The lowest BCUT2D eigenvalue weighted by atomic mass is 10.2. The van der Waals surface area contributed by atoms with Crippen LogP contribution in [0.2, 0.25) is 5.02 Å². The fourth-order valence-electron chi connectivity index (χ4n) is 2.30. The van der Waals surface area contributed by atoms with Gasteiger partial charge in [0.05, 0.1) is 26.9 Å². The molecule has 0 saturated carbocycles. The fourth-order valence-corrected chi connectivity index (χ4v) is 3.65. The standard InChI is InChI=1S/C17H12ClFN4O2S/c1-11-8-17(23(21-11)14-5-3-13(19)4-6-14)22-26(24,25)15-7-2-12(10-20)16(18)9-15/h2-9,22H,1H3. The predicted octanol–water partition coefficient (Wildman–Crippen LogP) is 3.65. The van der Waals surface area contributed by atoms with Crippen molar-refractivity contribution in [2.75, 3.05) is 4.72 Å². The summed E-state index contributed by atoms with van der Waals surface area (Å²) in [6.45, 7) is 1.70. The third kappa shape index (κ3) is 3.54. The van der Waals surface area contributed by atoms with E-state index in [0.29, 0.717) is 11.4 Å². The third-order valence-corrected chi connectivity index (χ3v) is 5.18. The molecule has 3 aromatic rings. The number of sulfonamides is 1. The first kappa shape index (κ1) is 17.9. The lowest BCUT2D eigenvalue weighted by Crippen LogP contribution is -2.16. The Balaban J connectivity index is 2.00. The Hall–Kier alpha value is -2.89. The second-order valence-corrected chi connectivity index (χ2v) is 7.51. The monoisotopic (exact) mass is 390 g/mol. The zero-order valence-electron chi connectivity index (χ0n) is 13.4. The van der Waals surface area contributed by atoms with Gasteiger partial charge >= 0.3 is 0 Å². The van der Waals surface area contributed by atoms with Crippen LogP contribution in [0.1, 0.15) is 11.3 Å². The molecule has 0 amide bonds. The Morgan fingerprint density at radius 2 is 1.88 bits per heavy atom. The molecule has 26 heavy (non-hydrogen) atoms. The van der Waals surface area contributed by atoms with Gasteiger partial charge in [0, 0.05) is 6.07 Å². The van der Waals surface area contributed by atoms with Crippen molar-refractivity contribution in [3.05, 3.63) is 70.6 Å². The molecular formula is C17H12ClFN4O2S. The predicted molar refractivity (Wildman–Crippen MR) is 95.2 cm³/mol. The van der Waals surface area contributed by atoms with Gasteiger partial charge in [-0.1, -0.05) is 11.6 Å². The average molecular weight is 391 g/mol. The van der Waals surface area contributed by atoms with Gasteiger partial charge in [0.15, 0.2) is 0 Å². The number of hydrogen-bond donors (Lipinski definition) is 1. The summed E-state index contributed by atoms with van der Waals surface area (Å²) >= 11 is 5.92. The molecule has 0 fully saturated rings. The van der Waals surface area contributed by atoms with Crippen LogP contribution in [0.15, 0.2) is 53.4 Å². The van der Waals surface area contributed by atoms with Gasteiger partial charge < -0.3 is 0 Å². The highest BCUT2D eigenvalue weighted by atomic mass is 35.5. The molecule has 0 aliphatic rings. The zero-order valence-corrected chi connectivity index (χ0v) is 15.0. The summed E-state index contributed by atoms with van der Waals surface area (Å²) < 4.78 is 42.2. The SMILES string of the molecule is Cc1cc(NS(=O)(=O)c2ccc(C#N)c(Cl)c2)n(-c2ccc(F)cc2)n1. The third-order valence-electron chi connectivity index (χ3n) is 3.51.